The molecular weight excluding hydrogens is 543 g/mol. The molecule has 0 bridgehead atoms. The summed E-state index contributed by atoms with van der Waals surface area (Å²) in [5, 5.41) is 7.46. The zero-order valence-electron chi connectivity index (χ0n) is 23.2. The van der Waals surface area contributed by atoms with Crippen LogP contribution in [0.1, 0.15) is 0 Å². The summed E-state index contributed by atoms with van der Waals surface area (Å²) in [4.78, 5) is 2.29. The van der Waals surface area contributed by atoms with Gasteiger partial charge in [-0.3, -0.25) is 0 Å². The van der Waals surface area contributed by atoms with Gasteiger partial charge in [0.05, 0.1) is 5.69 Å². The molecule has 0 unspecified atom stereocenters. The molecule has 9 aromatic rings. The average molecular weight is 568 g/mol. The molecule has 9 rings (SSSR count). The Balaban J connectivity index is 1.16. The highest BCUT2D eigenvalue weighted by atomic mass is 32.1. The fourth-order valence-corrected chi connectivity index (χ4v) is 7.47. The van der Waals surface area contributed by atoms with Gasteiger partial charge in [-0.2, -0.15) is 0 Å². The lowest BCUT2D eigenvalue weighted by atomic mass is 10.0. The van der Waals surface area contributed by atoms with Crippen molar-refractivity contribution in [1.29, 1.82) is 0 Å². The molecule has 0 N–H and O–H groups in total. The molecule has 0 aliphatic carbocycles. The van der Waals surface area contributed by atoms with Crippen LogP contribution in [-0.4, -0.2) is 0 Å². The van der Waals surface area contributed by atoms with Crippen molar-refractivity contribution in [3.8, 4) is 11.1 Å². The molecule has 0 aliphatic rings. The molecule has 0 atom stereocenters. The minimum Gasteiger partial charge on any atom is -0.454 e. The van der Waals surface area contributed by atoms with Crippen LogP contribution in [0, 0.1) is 0 Å². The van der Waals surface area contributed by atoms with Gasteiger partial charge < -0.3 is 9.32 Å². The molecule has 7 aromatic carbocycles. The van der Waals surface area contributed by atoms with Gasteiger partial charge in [0, 0.05) is 42.3 Å². The summed E-state index contributed by atoms with van der Waals surface area (Å²) in [5.41, 5.74) is 7.39. The van der Waals surface area contributed by atoms with Crippen molar-refractivity contribution in [3.63, 3.8) is 0 Å². The number of anilines is 3. The maximum absolute atomic E-state index is 6.46. The lowest BCUT2D eigenvalue weighted by Gasteiger charge is -2.25. The molecule has 0 fully saturated rings. The van der Waals surface area contributed by atoms with Crippen molar-refractivity contribution < 1.29 is 4.42 Å². The quantitative estimate of drug-likeness (QED) is 0.210. The van der Waals surface area contributed by atoms with E-state index >= 15 is 0 Å². The van der Waals surface area contributed by atoms with Gasteiger partial charge in [-0.1, -0.05) is 91.0 Å². The van der Waals surface area contributed by atoms with Crippen molar-refractivity contribution in [2.45, 2.75) is 0 Å². The Kier molecular flexibility index (Phi) is 5.40. The van der Waals surface area contributed by atoms with Gasteiger partial charge in [-0.25, -0.2) is 0 Å². The van der Waals surface area contributed by atoms with Crippen molar-refractivity contribution in [1.82, 2.24) is 0 Å². The van der Waals surface area contributed by atoms with E-state index in [2.05, 4.69) is 144 Å². The molecule has 0 radical (unpaired) electrons. The van der Waals surface area contributed by atoms with Crippen molar-refractivity contribution >= 4 is 81.3 Å². The van der Waals surface area contributed by atoms with Gasteiger partial charge in [-0.05, 0) is 82.6 Å². The molecule has 2 nitrogen and oxygen atoms in total. The molecule has 43 heavy (non-hydrogen) atoms. The predicted molar refractivity (Wildman–Crippen MR) is 184 cm³/mol. The number of furan rings is 1. The fourth-order valence-electron chi connectivity index (χ4n) is 6.36. The van der Waals surface area contributed by atoms with Crippen LogP contribution in [0.2, 0.25) is 0 Å². The molecule has 202 valence electrons. The monoisotopic (exact) mass is 567 g/mol. The first-order valence-corrected chi connectivity index (χ1v) is 15.3. The predicted octanol–water partition coefficient (Wildman–Crippen LogP) is 12.2. The standard InChI is InChI=1S/C40H25NOS/c1-2-11-30(12-3-1)41(36-15-8-14-33-32-13-6-7-16-37(32)42-40(33)36)31-20-17-26(18-21-31)29-19-22-38-34(24-29)35-23-27-9-4-5-10-28(27)25-39(35)43-38/h1-25H. The molecular formula is C40H25NOS. The molecule has 0 saturated heterocycles. The largest absolute Gasteiger partial charge is 0.454 e. The SMILES string of the molecule is c1ccc(N(c2ccc(-c3ccc4sc5cc6ccccc6cc5c4c3)cc2)c2cccc3c2oc2ccccc23)cc1. The first-order chi connectivity index (χ1) is 21.3. The van der Waals surface area contributed by atoms with E-state index in [0.717, 1.165) is 39.0 Å². The Morgan fingerprint density at radius 3 is 1.98 bits per heavy atom. The maximum atomic E-state index is 6.46. The van der Waals surface area contributed by atoms with Crippen LogP contribution >= 0.6 is 11.3 Å². The zero-order chi connectivity index (χ0) is 28.3. The third-order valence-electron chi connectivity index (χ3n) is 8.44. The summed E-state index contributed by atoms with van der Waals surface area (Å²) < 4.78 is 9.11. The number of hydrogen-bond donors (Lipinski definition) is 0. The third kappa shape index (κ3) is 3.93. The Morgan fingerprint density at radius 1 is 0.442 bits per heavy atom. The first kappa shape index (κ1) is 24.2. The van der Waals surface area contributed by atoms with Gasteiger partial charge in [0.1, 0.15) is 5.58 Å². The summed E-state index contributed by atoms with van der Waals surface area (Å²) in [6.45, 7) is 0. The van der Waals surface area contributed by atoms with E-state index in [1.807, 2.05) is 23.5 Å². The summed E-state index contributed by atoms with van der Waals surface area (Å²) in [6, 6.07) is 54.2. The van der Waals surface area contributed by atoms with E-state index in [1.165, 1.54) is 42.1 Å². The molecule has 0 saturated carbocycles. The molecule has 0 aliphatic heterocycles. The molecule has 2 heterocycles. The van der Waals surface area contributed by atoms with E-state index in [0.29, 0.717) is 0 Å². The highest BCUT2D eigenvalue weighted by molar-refractivity contribution is 7.25. The number of thiophene rings is 1. The average Bonchev–Trinajstić information content (AvgIpc) is 3.63. The van der Waals surface area contributed by atoms with Gasteiger partial charge in [0.2, 0.25) is 0 Å². The van der Waals surface area contributed by atoms with Crippen LogP contribution in [0.15, 0.2) is 156 Å². The Labute approximate surface area is 252 Å². The van der Waals surface area contributed by atoms with Crippen molar-refractivity contribution in [2.24, 2.45) is 0 Å². The molecule has 0 amide bonds. The van der Waals surface area contributed by atoms with Crippen LogP contribution in [0.3, 0.4) is 0 Å². The number of hydrogen-bond acceptors (Lipinski definition) is 3. The minimum absolute atomic E-state index is 0.888. The van der Waals surface area contributed by atoms with Crippen LogP contribution in [-0.2, 0) is 0 Å². The second-order valence-electron chi connectivity index (χ2n) is 11.0. The second-order valence-corrected chi connectivity index (χ2v) is 12.1. The van der Waals surface area contributed by atoms with E-state index < -0.39 is 0 Å². The lowest BCUT2D eigenvalue weighted by Crippen LogP contribution is -2.10. The van der Waals surface area contributed by atoms with Crippen LogP contribution in [0.5, 0.6) is 0 Å². The highest BCUT2D eigenvalue weighted by Gasteiger charge is 2.19. The number of rotatable bonds is 4. The number of nitrogens with zero attached hydrogens (tertiary/aromatic N) is 1. The Hall–Kier alpha value is -5.38. The number of para-hydroxylation sites is 3. The Morgan fingerprint density at radius 2 is 1.12 bits per heavy atom. The van der Waals surface area contributed by atoms with Crippen LogP contribution in [0.25, 0.3) is 64.0 Å². The van der Waals surface area contributed by atoms with Gasteiger partial charge in [0.25, 0.3) is 0 Å². The second kappa shape index (κ2) is 9.59. The zero-order valence-corrected chi connectivity index (χ0v) is 24.0. The van der Waals surface area contributed by atoms with Gasteiger partial charge in [-0.15, -0.1) is 11.3 Å². The molecule has 3 heteroatoms. The normalized spacial score (nSPS) is 11.7. The topological polar surface area (TPSA) is 16.4 Å². The fraction of sp³-hybridized carbons (Fsp3) is 0. The number of benzene rings is 7. The Bertz CT molecular complexity index is 2450. The van der Waals surface area contributed by atoms with Gasteiger partial charge >= 0.3 is 0 Å². The summed E-state index contributed by atoms with van der Waals surface area (Å²) in [6.07, 6.45) is 0. The van der Waals surface area contributed by atoms with Crippen LogP contribution < -0.4 is 4.90 Å². The lowest BCUT2D eigenvalue weighted by molar-refractivity contribution is 0.669. The summed E-state index contributed by atoms with van der Waals surface area (Å²) in [7, 11) is 0. The maximum Gasteiger partial charge on any atom is 0.159 e. The van der Waals surface area contributed by atoms with Gasteiger partial charge in [0.15, 0.2) is 5.58 Å². The smallest absolute Gasteiger partial charge is 0.159 e. The molecule has 0 spiro atoms. The highest BCUT2D eigenvalue weighted by Crippen LogP contribution is 2.43. The van der Waals surface area contributed by atoms with E-state index in [1.54, 1.807) is 0 Å². The van der Waals surface area contributed by atoms with E-state index in [9.17, 15) is 0 Å². The van der Waals surface area contributed by atoms with Crippen molar-refractivity contribution in [3.05, 3.63) is 152 Å². The first-order valence-electron chi connectivity index (χ1n) is 14.5. The summed E-state index contributed by atoms with van der Waals surface area (Å²) >= 11 is 1.87. The van der Waals surface area contributed by atoms with Crippen molar-refractivity contribution in [2.75, 3.05) is 4.90 Å². The third-order valence-corrected chi connectivity index (χ3v) is 9.57. The van der Waals surface area contributed by atoms with E-state index in [-0.39, 0.29) is 0 Å². The molecule has 2 aromatic heterocycles. The minimum atomic E-state index is 0.888. The van der Waals surface area contributed by atoms with Crippen LogP contribution in [0.4, 0.5) is 17.1 Å². The summed E-state index contributed by atoms with van der Waals surface area (Å²) in [5.74, 6) is 0. The number of fused-ring (bicyclic) bond motifs is 7. The van der Waals surface area contributed by atoms with E-state index in [4.69, 9.17) is 4.42 Å².